The van der Waals surface area contributed by atoms with E-state index in [-0.39, 0.29) is 0 Å². The summed E-state index contributed by atoms with van der Waals surface area (Å²) in [5.74, 6) is 0. The molecule has 1 rings (SSSR count). The minimum Gasteiger partial charge on any atom is -0.385 e. The van der Waals surface area contributed by atoms with Gasteiger partial charge in [-0.05, 0) is 37.3 Å². The summed E-state index contributed by atoms with van der Waals surface area (Å²) < 4.78 is 0. The van der Waals surface area contributed by atoms with Crippen molar-refractivity contribution in [3.63, 3.8) is 0 Å². The Bertz CT molecular complexity index is 277. The molecule has 0 aliphatic heterocycles. The molecule has 78 valence electrons. The van der Waals surface area contributed by atoms with Crippen LogP contribution in [0.25, 0.3) is 0 Å². The van der Waals surface area contributed by atoms with E-state index in [0.717, 1.165) is 18.4 Å². The fourth-order valence-corrected chi connectivity index (χ4v) is 1.99. The van der Waals surface area contributed by atoms with Crippen molar-refractivity contribution in [1.82, 2.24) is 0 Å². The maximum Gasteiger partial charge on any atom is 0.0868 e. The number of thioether (sulfide) groups is 1. The first-order valence-electron chi connectivity index (χ1n) is 4.97. The maximum absolute atomic E-state index is 10.1. The maximum atomic E-state index is 10.1. The highest BCUT2D eigenvalue weighted by Crippen LogP contribution is 2.27. The summed E-state index contributed by atoms with van der Waals surface area (Å²) in [4.78, 5) is 1.24. The number of hydrogen-bond acceptors (Lipinski definition) is 2. The van der Waals surface area contributed by atoms with Crippen molar-refractivity contribution in [1.29, 1.82) is 0 Å². The average Bonchev–Trinajstić information content (AvgIpc) is 2.18. The van der Waals surface area contributed by atoms with Gasteiger partial charge in [-0.3, -0.25) is 0 Å². The molecule has 1 nitrogen and oxygen atoms in total. The topological polar surface area (TPSA) is 20.2 Å². The van der Waals surface area contributed by atoms with Crippen molar-refractivity contribution in [3.8, 4) is 0 Å². The minimum absolute atomic E-state index is 0.675. The van der Waals surface area contributed by atoms with E-state index in [0.29, 0.717) is 0 Å². The number of hydrogen-bond donors (Lipinski definition) is 1. The molecule has 0 saturated heterocycles. The summed E-state index contributed by atoms with van der Waals surface area (Å²) in [7, 11) is 0. The molecule has 1 unspecified atom stereocenters. The van der Waals surface area contributed by atoms with Crippen LogP contribution in [0.15, 0.2) is 29.2 Å². The third kappa shape index (κ3) is 2.76. The molecule has 0 saturated carbocycles. The van der Waals surface area contributed by atoms with Gasteiger partial charge in [0.05, 0.1) is 5.60 Å². The van der Waals surface area contributed by atoms with Crippen LogP contribution in [0.3, 0.4) is 0 Å². The van der Waals surface area contributed by atoms with E-state index in [9.17, 15) is 5.11 Å². The molecule has 1 aromatic carbocycles. The quantitative estimate of drug-likeness (QED) is 0.768. The second-order valence-corrected chi connectivity index (χ2v) is 4.63. The molecule has 0 bridgehead atoms. The summed E-state index contributed by atoms with van der Waals surface area (Å²) in [6.45, 7) is 3.97. The Morgan fingerprint density at radius 2 is 1.86 bits per heavy atom. The van der Waals surface area contributed by atoms with Crippen LogP contribution in [-0.2, 0) is 5.60 Å². The van der Waals surface area contributed by atoms with E-state index < -0.39 is 5.60 Å². The Kier molecular flexibility index (Phi) is 4.02. The SMILES string of the molecule is CCCC(C)(O)c1ccc(SC)cc1. The van der Waals surface area contributed by atoms with Gasteiger partial charge < -0.3 is 5.11 Å². The van der Waals surface area contributed by atoms with Crippen LogP contribution in [-0.4, -0.2) is 11.4 Å². The van der Waals surface area contributed by atoms with Crippen LogP contribution in [0.1, 0.15) is 32.3 Å². The first-order valence-corrected chi connectivity index (χ1v) is 6.19. The molecule has 0 fully saturated rings. The lowest BCUT2D eigenvalue weighted by Crippen LogP contribution is -2.20. The smallest absolute Gasteiger partial charge is 0.0868 e. The molecule has 0 heterocycles. The Balaban J connectivity index is 2.85. The highest BCUT2D eigenvalue weighted by Gasteiger charge is 2.21. The standard InChI is InChI=1S/C12H18OS/c1-4-9-12(2,13)10-5-7-11(14-3)8-6-10/h5-8,13H,4,9H2,1-3H3. The third-order valence-electron chi connectivity index (χ3n) is 2.45. The van der Waals surface area contributed by atoms with E-state index in [2.05, 4.69) is 25.3 Å². The van der Waals surface area contributed by atoms with Crippen LogP contribution in [0, 0.1) is 0 Å². The van der Waals surface area contributed by atoms with E-state index in [1.54, 1.807) is 11.8 Å². The molecule has 0 aliphatic carbocycles. The zero-order valence-electron chi connectivity index (χ0n) is 9.08. The van der Waals surface area contributed by atoms with Crippen molar-refractivity contribution in [2.75, 3.05) is 6.26 Å². The Morgan fingerprint density at radius 1 is 1.29 bits per heavy atom. The summed E-state index contributed by atoms with van der Waals surface area (Å²) in [5, 5.41) is 10.1. The molecule has 0 aromatic heterocycles. The third-order valence-corrected chi connectivity index (χ3v) is 3.19. The van der Waals surface area contributed by atoms with Gasteiger partial charge in [0.15, 0.2) is 0 Å². The highest BCUT2D eigenvalue weighted by atomic mass is 32.2. The molecule has 0 amide bonds. The van der Waals surface area contributed by atoms with E-state index in [1.165, 1.54) is 4.90 Å². The predicted octanol–water partition coefficient (Wildman–Crippen LogP) is 3.42. The van der Waals surface area contributed by atoms with Gasteiger partial charge in [0.1, 0.15) is 0 Å². The van der Waals surface area contributed by atoms with Gasteiger partial charge >= 0.3 is 0 Å². The van der Waals surface area contributed by atoms with Gasteiger partial charge in [-0.15, -0.1) is 11.8 Å². The van der Waals surface area contributed by atoms with Gasteiger partial charge in [0.25, 0.3) is 0 Å². The summed E-state index contributed by atoms with van der Waals surface area (Å²) >= 11 is 1.72. The molecule has 2 heteroatoms. The van der Waals surface area contributed by atoms with Crippen molar-refractivity contribution >= 4 is 11.8 Å². The normalized spacial score (nSPS) is 15.1. The molecule has 14 heavy (non-hydrogen) atoms. The second kappa shape index (κ2) is 4.85. The molecule has 0 spiro atoms. The fraction of sp³-hybridized carbons (Fsp3) is 0.500. The number of rotatable bonds is 4. The predicted molar refractivity (Wildman–Crippen MR) is 62.7 cm³/mol. The molecule has 1 aromatic rings. The van der Waals surface area contributed by atoms with E-state index in [4.69, 9.17) is 0 Å². The molecule has 0 aliphatic rings. The zero-order valence-corrected chi connectivity index (χ0v) is 9.90. The minimum atomic E-state index is -0.675. The lowest BCUT2D eigenvalue weighted by molar-refractivity contribution is 0.0469. The highest BCUT2D eigenvalue weighted by molar-refractivity contribution is 7.98. The summed E-state index contributed by atoms with van der Waals surface area (Å²) in [5.41, 5.74) is 0.336. The van der Waals surface area contributed by atoms with Gasteiger partial charge in [-0.2, -0.15) is 0 Å². The lowest BCUT2D eigenvalue weighted by atomic mass is 9.92. The lowest BCUT2D eigenvalue weighted by Gasteiger charge is -2.23. The van der Waals surface area contributed by atoms with E-state index >= 15 is 0 Å². The first kappa shape index (κ1) is 11.6. The molecule has 1 N–H and O–H groups in total. The van der Waals surface area contributed by atoms with Crippen LogP contribution >= 0.6 is 11.8 Å². The van der Waals surface area contributed by atoms with Crippen LogP contribution in [0.2, 0.25) is 0 Å². The summed E-state index contributed by atoms with van der Waals surface area (Å²) in [6, 6.07) is 8.15. The number of benzene rings is 1. The van der Waals surface area contributed by atoms with Crippen LogP contribution in [0.5, 0.6) is 0 Å². The van der Waals surface area contributed by atoms with Crippen LogP contribution in [0.4, 0.5) is 0 Å². The van der Waals surface area contributed by atoms with Gasteiger partial charge in [-0.1, -0.05) is 25.5 Å². The van der Waals surface area contributed by atoms with E-state index in [1.807, 2.05) is 19.1 Å². The Labute approximate surface area is 90.5 Å². The molecule has 0 radical (unpaired) electrons. The average molecular weight is 210 g/mol. The first-order chi connectivity index (χ1) is 6.60. The van der Waals surface area contributed by atoms with Crippen molar-refractivity contribution in [2.45, 2.75) is 37.2 Å². The largest absolute Gasteiger partial charge is 0.385 e. The van der Waals surface area contributed by atoms with Crippen molar-refractivity contribution in [3.05, 3.63) is 29.8 Å². The molecule has 1 atom stereocenters. The molecular weight excluding hydrogens is 192 g/mol. The second-order valence-electron chi connectivity index (χ2n) is 3.75. The Morgan fingerprint density at radius 3 is 2.29 bits per heavy atom. The van der Waals surface area contributed by atoms with Gasteiger partial charge in [-0.25, -0.2) is 0 Å². The number of aliphatic hydroxyl groups is 1. The van der Waals surface area contributed by atoms with Gasteiger partial charge in [0, 0.05) is 4.90 Å². The summed E-state index contributed by atoms with van der Waals surface area (Å²) in [6.07, 6.45) is 3.86. The monoisotopic (exact) mass is 210 g/mol. The van der Waals surface area contributed by atoms with Crippen molar-refractivity contribution in [2.24, 2.45) is 0 Å². The van der Waals surface area contributed by atoms with Crippen LogP contribution < -0.4 is 0 Å². The Hall–Kier alpha value is -0.470. The fourth-order valence-electron chi connectivity index (χ4n) is 1.58. The molecular formula is C12H18OS. The van der Waals surface area contributed by atoms with Gasteiger partial charge in [0.2, 0.25) is 0 Å². The zero-order chi connectivity index (χ0) is 10.6. The van der Waals surface area contributed by atoms with Crippen molar-refractivity contribution < 1.29 is 5.11 Å².